The Morgan fingerprint density at radius 2 is 1.50 bits per heavy atom. The van der Waals surface area contributed by atoms with E-state index in [0.29, 0.717) is 19.8 Å². The van der Waals surface area contributed by atoms with Crippen molar-refractivity contribution in [2.75, 3.05) is 13.2 Å². The molecular weight excluding hydrogens is 376 g/mol. The van der Waals surface area contributed by atoms with E-state index in [9.17, 15) is 0 Å². The molecule has 30 heavy (non-hydrogen) atoms. The molecule has 0 amide bonds. The number of aromatic nitrogens is 2. The molecule has 0 spiro atoms. The molecule has 3 aromatic carbocycles. The van der Waals surface area contributed by atoms with E-state index in [4.69, 9.17) is 19.2 Å². The van der Waals surface area contributed by atoms with Crippen molar-refractivity contribution in [1.29, 1.82) is 0 Å². The van der Waals surface area contributed by atoms with Crippen LogP contribution >= 0.6 is 0 Å². The number of ether oxygens (including phenoxy) is 3. The second-order valence-corrected chi connectivity index (χ2v) is 6.91. The standard InChI is InChI=1S/C25H26N2O3/c1-3-28-23-15-9-10-16-24(23)29-18-17-27-22-14-8-7-13-21(22)26-25(27)19(2)30-20-11-5-4-6-12-20/h4-16,19H,3,17-18H2,1-2H3. The molecule has 1 unspecified atom stereocenters. The third-order valence-corrected chi connectivity index (χ3v) is 4.83. The lowest BCUT2D eigenvalue weighted by Crippen LogP contribution is -2.16. The molecule has 154 valence electrons. The first-order valence-electron chi connectivity index (χ1n) is 10.3. The fraction of sp³-hybridized carbons (Fsp3) is 0.240. The van der Waals surface area contributed by atoms with Crippen molar-refractivity contribution >= 4 is 11.0 Å². The first-order chi connectivity index (χ1) is 14.8. The Morgan fingerprint density at radius 3 is 2.27 bits per heavy atom. The molecule has 0 radical (unpaired) electrons. The highest BCUT2D eigenvalue weighted by Crippen LogP contribution is 2.28. The predicted molar refractivity (Wildman–Crippen MR) is 118 cm³/mol. The maximum Gasteiger partial charge on any atom is 0.161 e. The summed E-state index contributed by atoms with van der Waals surface area (Å²) in [6.07, 6.45) is -0.199. The zero-order valence-electron chi connectivity index (χ0n) is 17.3. The monoisotopic (exact) mass is 402 g/mol. The van der Waals surface area contributed by atoms with Gasteiger partial charge < -0.3 is 18.8 Å². The number of rotatable bonds is 9. The van der Waals surface area contributed by atoms with Crippen LogP contribution in [0.4, 0.5) is 0 Å². The smallest absolute Gasteiger partial charge is 0.161 e. The summed E-state index contributed by atoms with van der Waals surface area (Å²) in [6.45, 7) is 5.74. The summed E-state index contributed by atoms with van der Waals surface area (Å²) in [5.41, 5.74) is 2.02. The van der Waals surface area contributed by atoms with Gasteiger partial charge in [-0.1, -0.05) is 42.5 Å². The van der Waals surface area contributed by atoms with Crippen molar-refractivity contribution in [2.24, 2.45) is 0 Å². The van der Waals surface area contributed by atoms with Gasteiger partial charge in [0.15, 0.2) is 23.4 Å². The molecule has 5 heteroatoms. The molecule has 4 rings (SSSR count). The fourth-order valence-corrected chi connectivity index (χ4v) is 3.49. The van der Waals surface area contributed by atoms with Crippen LogP contribution in [0.3, 0.4) is 0 Å². The SMILES string of the molecule is CCOc1ccccc1OCCn1c(C(C)Oc2ccccc2)nc2ccccc21. The van der Waals surface area contributed by atoms with E-state index in [1.807, 2.05) is 86.6 Å². The highest BCUT2D eigenvalue weighted by molar-refractivity contribution is 5.76. The minimum Gasteiger partial charge on any atom is -0.490 e. The summed E-state index contributed by atoms with van der Waals surface area (Å²) >= 11 is 0. The van der Waals surface area contributed by atoms with Crippen LogP contribution in [0.15, 0.2) is 78.9 Å². The van der Waals surface area contributed by atoms with Crippen LogP contribution in [-0.2, 0) is 6.54 Å². The third-order valence-electron chi connectivity index (χ3n) is 4.83. The maximum absolute atomic E-state index is 6.14. The van der Waals surface area contributed by atoms with Gasteiger partial charge in [-0.3, -0.25) is 0 Å². The number of hydrogen-bond acceptors (Lipinski definition) is 4. The van der Waals surface area contributed by atoms with E-state index >= 15 is 0 Å². The molecule has 5 nitrogen and oxygen atoms in total. The molecule has 1 aromatic heterocycles. The first-order valence-corrected chi connectivity index (χ1v) is 10.3. The molecule has 0 aliphatic carbocycles. The van der Waals surface area contributed by atoms with Crippen LogP contribution in [0, 0.1) is 0 Å². The van der Waals surface area contributed by atoms with Gasteiger partial charge in [0.2, 0.25) is 0 Å². The van der Waals surface area contributed by atoms with Crippen LogP contribution in [0.2, 0.25) is 0 Å². The van der Waals surface area contributed by atoms with Gasteiger partial charge in [0.25, 0.3) is 0 Å². The summed E-state index contributed by atoms with van der Waals surface area (Å²) in [4.78, 5) is 4.84. The van der Waals surface area contributed by atoms with E-state index in [-0.39, 0.29) is 6.10 Å². The molecule has 0 aliphatic heterocycles. The maximum atomic E-state index is 6.14. The third kappa shape index (κ3) is 4.40. The fourth-order valence-electron chi connectivity index (χ4n) is 3.49. The Morgan fingerprint density at radius 1 is 0.833 bits per heavy atom. The second kappa shape index (κ2) is 9.35. The lowest BCUT2D eigenvalue weighted by Gasteiger charge is -2.17. The van der Waals surface area contributed by atoms with Crippen LogP contribution in [0.25, 0.3) is 11.0 Å². The number of hydrogen-bond donors (Lipinski definition) is 0. The van der Waals surface area contributed by atoms with Gasteiger partial charge in [-0.15, -0.1) is 0 Å². The quantitative estimate of drug-likeness (QED) is 0.363. The van der Waals surface area contributed by atoms with Gasteiger partial charge in [0, 0.05) is 0 Å². The zero-order chi connectivity index (χ0) is 20.8. The van der Waals surface area contributed by atoms with E-state index in [1.54, 1.807) is 0 Å². The molecule has 0 aliphatic rings. The molecule has 4 aromatic rings. The molecular formula is C25H26N2O3. The highest BCUT2D eigenvalue weighted by Gasteiger charge is 2.18. The Bertz CT molecular complexity index is 1090. The lowest BCUT2D eigenvalue weighted by atomic mass is 10.3. The summed E-state index contributed by atoms with van der Waals surface area (Å²) in [5, 5.41) is 0. The number of benzene rings is 3. The van der Waals surface area contributed by atoms with Gasteiger partial charge in [0.05, 0.1) is 24.2 Å². The number of imidazole rings is 1. The predicted octanol–water partition coefficient (Wildman–Crippen LogP) is 5.65. The molecule has 1 atom stereocenters. The van der Waals surface area contributed by atoms with Crippen molar-refractivity contribution in [2.45, 2.75) is 26.5 Å². The summed E-state index contributed by atoms with van der Waals surface area (Å²) in [7, 11) is 0. The van der Waals surface area contributed by atoms with Gasteiger partial charge in [-0.25, -0.2) is 4.98 Å². The number of fused-ring (bicyclic) bond motifs is 1. The molecule has 0 fully saturated rings. The van der Waals surface area contributed by atoms with Gasteiger partial charge in [0.1, 0.15) is 12.4 Å². The minimum absolute atomic E-state index is 0.199. The van der Waals surface area contributed by atoms with E-state index < -0.39 is 0 Å². The van der Waals surface area contributed by atoms with Gasteiger partial charge in [-0.05, 0) is 50.2 Å². The van der Waals surface area contributed by atoms with Crippen molar-refractivity contribution in [1.82, 2.24) is 9.55 Å². The average Bonchev–Trinajstić information content (AvgIpc) is 3.15. The Balaban J connectivity index is 1.55. The molecule has 0 N–H and O–H groups in total. The highest BCUT2D eigenvalue weighted by atomic mass is 16.5. The molecule has 0 bridgehead atoms. The second-order valence-electron chi connectivity index (χ2n) is 6.91. The summed E-state index contributed by atoms with van der Waals surface area (Å²) in [5.74, 6) is 3.21. The van der Waals surface area contributed by atoms with Crippen LogP contribution < -0.4 is 14.2 Å². The summed E-state index contributed by atoms with van der Waals surface area (Å²) < 4.78 is 20.0. The Labute approximate surface area is 176 Å². The van der Waals surface area contributed by atoms with Crippen LogP contribution in [0.5, 0.6) is 17.2 Å². The van der Waals surface area contributed by atoms with Crippen molar-refractivity contribution < 1.29 is 14.2 Å². The summed E-state index contributed by atoms with van der Waals surface area (Å²) in [6, 6.07) is 25.7. The lowest BCUT2D eigenvalue weighted by molar-refractivity contribution is 0.206. The van der Waals surface area contributed by atoms with Crippen molar-refractivity contribution in [3.63, 3.8) is 0 Å². The normalized spacial score (nSPS) is 11.9. The minimum atomic E-state index is -0.199. The average molecular weight is 402 g/mol. The van der Waals surface area contributed by atoms with E-state index in [1.165, 1.54) is 0 Å². The van der Waals surface area contributed by atoms with Gasteiger partial charge >= 0.3 is 0 Å². The van der Waals surface area contributed by atoms with Crippen LogP contribution in [0.1, 0.15) is 25.8 Å². The first kappa shape index (κ1) is 19.8. The van der Waals surface area contributed by atoms with Crippen molar-refractivity contribution in [3.8, 4) is 17.2 Å². The van der Waals surface area contributed by atoms with E-state index in [2.05, 4.69) is 10.6 Å². The largest absolute Gasteiger partial charge is 0.490 e. The Hall–Kier alpha value is -3.47. The zero-order valence-corrected chi connectivity index (χ0v) is 17.3. The number of nitrogens with zero attached hydrogens (tertiary/aromatic N) is 2. The van der Waals surface area contributed by atoms with Gasteiger partial charge in [-0.2, -0.15) is 0 Å². The van der Waals surface area contributed by atoms with Crippen molar-refractivity contribution in [3.05, 3.63) is 84.7 Å². The topological polar surface area (TPSA) is 45.5 Å². The molecule has 1 heterocycles. The van der Waals surface area contributed by atoms with E-state index in [0.717, 1.165) is 34.1 Å². The van der Waals surface area contributed by atoms with Crippen LogP contribution in [-0.4, -0.2) is 22.8 Å². The molecule has 0 saturated heterocycles. The number of para-hydroxylation sites is 5. The Kier molecular flexibility index (Phi) is 6.18. The molecule has 0 saturated carbocycles.